The maximum atomic E-state index is 13.2. The average Bonchev–Trinajstić information content (AvgIpc) is 3.50. The van der Waals surface area contributed by atoms with Gasteiger partial charge in [0.1, 0.15) is 0 Å². The number of phenolic OH excluding ortho intramolecular Hbond substituents is 1. The molecule has 0 amide bonds. The summed E-state index contributed by atoms with van der Waals surface area (Å²) >= 11 is 0. The number of carbonyl (C=O) groups excluding carboxylic acids is 1. The Kier molecular flexibility index (Phi) is 5.09. The molecule has 1 aliphatic carbocycles. The Bertz CT molecular complexity index is 1270. The minimum atomic E-state index is -0.456. The number of esters is 1. The van der Waals surface area contributed by atoms with E-state index in [0.717, 1.165) is 22.4 Å². The number of nitrogens with one attached hydrogen (secondary N) is 1. The van der Waals surface area contributed by atoms with E-state index in [2.05, 4.69) is 5.32 Å². The van der Waals surface area contributed by atoms with Crippen molar-refractivity contribution in [1.29, 1.82) is 0 Å². The van der Waals surface area contributed by atoms with Gasteiger partial charge in [-0.05, 0) is 53.1 Å². The largest absolute Gasteiger partial charge is 0.502 e. The monoisotopic (exact) mass is 475 g/mol. The van der Waals surface area contributed by atoms with Crippen molar-refractivity contribution < 1.29 is 33.6 Å². The third-order valence-electron chi connectivity index (χ3n) is 7.14. The first-order valence-electron chi connectivity index (χ1n) is 11.5. The van der Waals surface area contributed by atoms with Crippen molar-refractivity contribution >= 4 is 11.7 Å². The number of methoxy groups -OCH3 is 2. The highest BCUT2D eigenvalue weighted by atomic mass is 16.7. The molecule has 0 unspecified atom stereocenters. The van der Waals surface area contributed by atoms with Crippen LogP contribution in [0, 0.1) is 11.8 Å². The molecule has 2 heterocycles. The highest BCUT2D eigenvalue weighted by Gasteiger charge is 2.52. The average molecular weight is 475 g/mol. The first-order valence-corrected chi connectivity index (χ1v) is 11.5. The van der Waals surface area contributed by atoms with Crippen molar-refractivity contribution in [1.82, 2.24) is 0 Å². The van der Waals surface area contributed by atoms with Gasteiger partial charge >= 0.3 is 5.97 Å². The number of aromatic hydroxyl groups is 1. The van der Waals surface area contributed by atoms with E-state index in [1.807, 2.05) is 42.5 Å². The van der Waals surface area contributed by atoms with E-state index in [1.165, 1.54) is 14.2 Å². The highest BCUT2D eigenvalue weighted by Crippen LogP contribution is 2.56. The van der Waals surface area contributed by atoms with Crippen molar-refractivity contribution in [3.63, 3.8) is 0 Å². The maximum absolute atomic E-state index is 13.2. The summed E-state index contributed by atoms with van der Waals surface area (Å²) < 4.78 is 27.9. The van der Waals surface area contributed by atoms with Crippen LogP contribution in [0.1, 0.15) is 28.7 Å². The number of phenols is 1. The number of carbonyl (C=O) groups is 1. The number of ether oxygens (including phenoxy) is 5. The zero-order chi connectivity index (χ0) is 24.1. The number of hydrogen-bond acceptors (Lipinski definition) is 8. The third kappa shape index (κ3) is 3.39. The first-order chi connectivity index (χ1) is 17.1. The third-order valence-corrected chi connectivity index (χ3v) is 7.14. The molecule has 1 saturated heterocycles. The molecular weight excluding hydrogens is 450 g/mol. The molecular formula is C27H25NO7. The number of fused-ring (bicyclic) bond motifs is 3. The number of hydrogen-bond donors (Lipinski definition) is 2. The predicted molar refractivity (Wildman–Crippen MR) is 126 cm³/mol. The Morgan fingerprint density at radius 1 is 0.914 bits per heavy atom. The van der Waals surface area contributed by atoms with Crippen LogP contribution in [0.4, 0.5) is 5.69 Å². The summed E-state index contributed by atoms with van der Waals surface area (Å²) in [4.78, 5) is 13.2. The van der Waals surface area contributed by atoms with Crippen LogP contribution in [0.5, 0.6) is 28.7 Å². The Balaban J connectivity index is 1.56. The fraction of sp³-hybridized carbons (Fsp3) is 0.296. The zero-order valence-corrected chi connectivity index (χ0v) is 19.3. The Morgan fingerprint density at radius 3 is 2.23 bits per heavy atom. The Labute approximate surface area is 202 Å². The fourth-order valence-electron chi connectivity index (χ4n) is 5.55. The molecule has 0 spiro atoms. The molecule has 1 fully saturated rings. The molecule has 0 bridgehead atoms. The summed E-state index contributed by atoms with van der Waals surface area (Å²) in [7, 11) is 2.97. The summed E-state index contributed by atoms with van der Waals surface area (Å²) in [5.74, 6) is 0.555. The van der Waals surface area contributed by atoms with Gasteiger partial charge in [0.05, 0.1) is 32.8 Å². The van der Waals surface area contributed by atoms with E-state index in [1.54, 1.807) is 12.1 Å². The van der Waals surface area contributed by atoms with Crippen LogP contribution in [-0.2, 0) is 9.53 Å². The molecule has 3 aromatic carbocycles. The summed E-state index contributed by atoms with van der Waals surface area (Å²) in [5, 5.41) is 14.1. The van der Waals surface area contributed by atoms with E-state index in [-0.39, 0.29) is 47.9 Å². The summed E-state index contributed by atoms with van der Waals surface area (Å²) in [5.41, 5.74) is 3.67. The van der Waals surface area contributed by atoms with Crippen molar-refractivity contribution in [2.45, 2.75) is 12.0 Å². The lowest BCUT2D eigenvalue weighted by Crippen LogP contribution is -2.37. The van der Waals surface area contributed by atoms with Gasteiger partial charge in [-0.15, -0.1) is 0 Å². The number of rotatable bonds is 5. The minimum Gasteiger partial charge on any atom is -0.502 e. The van der Waals surface area contributed by atoms with E-state index in [0.29, 0.717) is 18.1 Å². The Hall–Kier alpha value is -4.07. The maximum Gasteiger partial charge on any atom is 0.310 e. The quantitative estimate of drug-likeness (QED) is 0.530. The van der Waals surface area contributed by atoms with Crippen LogP contribution in [0.25, 0.3) is 0 Å². The first kappa shape index (κ1) is 21.5. The van der Waals surface area contributed by atoms with Crippen LogP contribution in [0.3, 0.4) is 0 Å². The van der Waals surface area contributed by atoms with Crippen LogP contribution in [0.15, 0.2) is 54.6 Å². The molecule has 8 heteroatoms. The zero-order valence-electron chi connectivity index (χ0n) is 19.3. The molecule has 0 saturated carbocycles. The van der Waals surface area contributed by atoms with Gasteiger partial charge < -0.3 is 34.1 Å². The molecule has 0 radical (unpaired) electrons. The van der Waals surface area contributed by atoms with Crippen LogP contribution in [0.2, 0.25) is 0 Å². The van der Waals surface area contributed by atoms with Gasteiger partial charge in [0.25, 0.3) is 0 Å². The molecule has 35 heavy (non-hydrogen) atoms. The number of cyclic esters (lactones) is 1. The lowest BCUT2D eigenvalue weighted by atomic mass is 9.65. The molecule has 4 atom stereocenters. The lowest BCUT2D eigenvalue weighted by Gasteiger charge is -2.40. The predicted octanol–water partition coefficient (Wildman–Crippen LogP) is 4.23. The normalized spacial score (nSPS) is 23.8. The van der Waals surface area contributed by atoms with E-state index < -0.39 is 5.92 Å². The molecule has 6 rings (SSSR count). The molecule has 0 aromatic heterocycles. The van der Waals surface area contributed by atoms with Crippen molar-refractivity contribution in [2.75, 3.05) is 32.9 Å². The van der Waals surface area contributed by atoms with Crippen LogP contribution >= 0.6 is 0 Å². The van der Waals surface area contributed by atoms with Gasteiger partial charge in [0.15, 0.2) is 23.0 Å². The molecule has 8 nitrogen and oxygen atoms in total. The van der Waals surface area contributed by atoms with Crippen LogP contribution < -0.4 is 24.3 Å². The summed E-state index contributed by atoms with van der Waals surface area (Å²) in [6, 6.07) is 17.2. The standard InChI is InChI=1S/C27H25NO7/c1-31-21-8-14(9-22(32-2)26(21)29)23-16-10-19-20(35-13-34-19)11-17(16)25(18-12-33-27(30)24(18)23)28-15-6-4-3-5-7-15/h3-11,18,23-25,28-29H,12-13H2,1-2H3/t18-,23+,24-,25+/m0/s1. The van der Waals surface area contributed by atoms with Gasteiger partial charge in [-0.1, -0.05) is 18.2 Å². The number of benzene rings is 3. The SMILES string of the molecule is COc1cc([C@@H]2c3cc4c(cc3[C@@H](Nc3ccccc3)[C@H]3COC(=O)[C@H]23)OCO4)cc(OC)c1O. The topological polar surface area (TPSA) is 95.5 Å². The lowest BCUT2D eigenvalue weighted by molar-refractivity contribution is -0.141. The highest BCUT2D eigenvalue weighted by molar-refractivity contribution is 5.79. The molecule has 3 aliphatic rings. The van der Waals surface area contributed by atoms with Crippen molar-refractivity contribution in [3.8, 4) is 28.7 Å². The van der Waals surface area contributed by atoms with Gasteiger partial charge in [-0.2, -0.15) is 0 Å². The second-order valence-electron chi connectivity index (χ2n) is 8.89. The molecule has 2 aliphatic heterocycles. The summed E-state index contributed by atoms with van der Waals surface area (Å²) in [6.45, 7) is 0.445. The van der Waals surface area contributed by atoms with Crippen LogP contribution in [-0.4, -0.2) is 38.7 Å². The number of anilines is 1. The molecule has 2 N–H and O–H groups in total. The second kappa shape index (κ2) is 8.30. The van der Waals surface area contributed by atoms with E-state index in [4.69, 9.17) is 23.7 Å². The fourth-order valence-corrected chi connectivity index (χ4v) is 5.55. The molecule has 3 aromatic rings. The van der Waals surface area contributed by atoms with Crippen molar-refractivity contribution in [3.05, 3.63) is 71.3 Å². The Morgan fingerprint density at radius 2 is 1.57 bits per heavy atom. The van der Waals surface area contributed by atoms with Gasteiger partial charge in [-0.25, -0.2) is 0 Å². The number of para-hydroxylation sites is 1. The minimum absolute atomic E-state index is 0.0883. The van der Waals surface area contributed by atoms with Crippen molar-refractivity contribution in [2.24, 2.45) is 11.8 Å². The molecule has 180 valence electrons. The van der Waals surface area contributed by atoms with Gasteiger partial charge in [0.2, 0.25) is 12.5 Å². The van der Waals surface area contributed by atoms with Gasteiger partial charge in [-0.3, -0.25) is 4.79 Å². The smallest absolute Gasteiger partial charge is 0.310 e. The van der Waals surface area contributed by atoms with Gasteiger partial charge in [0, 0.05) is 17.5 Å². The van der Waals surface area contributed by atoms with E-state index in [9.17, 15) is 9.90 Å². The summed E-state index contributed by atoms with van der Waals surface area (Å²) in [6.07, 6.45) is 0. The van der Waals surface area contributed by atoms with E-state index >= 15 is 0 Å². The second-order valence-corrected chi connectivity index (χ2v) is 8.89.